The molecule has 0 aliphatic carbocycles. The fourth-order valence-electron chi connectivity index (χ4n) is 1.45. The van der Waals surface area contributed by atoms with E-state index < -0.39 is 0 Å². The second kappa shape index (κ2) is 5.27. The minimum Gasteiger partial charge on any atom is -0.508 e. The van der Waals surface area contributed by atoms with E-state index in [1.54, 1.807) is 18.3 Å². The van der Waals surface area contributed by atoms with E-state index in [1.165, 1.54) is 6.07 Å². The van der Waals surface area contributed by atoms with Crippen LogP contribution in [-0.2, 0) is 13.1 Å². The van der Waals surface area contributed by atoms with Gasteiger partial charge < -0.3 is 15.5 Å². The minimum absolute atomic E-state index is 0.0557. The van der Waals surface area contributed by atoms with Crippen LogP contribution in [0.15, 0.2) is 36.5 Å². The van der Waals surface area contributed by atoms with Crippen molar-refractivity contribution in [2.75, 3.05) is 0 Å². The van der Waals surface area contributed by atoms with Crippen molar-refractivity contribution < 1.29 is 10.2 Å². The number of phenolic OH excluding ortho intramolecular Hbond substituents is 2. The molecule has 1 heterocycles. The molecule has 0 atom stereocenters. The van der Waals surface area contributed by atoms with E-state index in [0.717, 1.165) is 11.3 Å². The Balaban J connectivity index is 1.90. The largest absolute Gasteiger partial charge is 0.508 e. The SMILES string of the molecule is Oc1ccc(CNCc2cccnn2)c(O)c1. The van der Waals surface area contributed by atoms with E-state index in [1.807, 2.05) is 12.1 Å². The summed E-state index contributed by atoms with van der Waals surface area (Å²) in [4.78, 5) is 0. The Morgan fingerprint density at radius 2 is 2.00 bits per heavy atom. The molecule has 1 aromatic carbocycles. The molecule has 1 aromatic heterocycles. The molecule has 5 heteroatoms. The van der Waals surface area contributed by atoms with Crippen LogP contribution in [0.1, 0.15) is 11.3 Å². The first-order valence-electron chi connectivity index (χ1n) is 5.24. The lowest BCUT2D eigenvalue weighted by atomic mass is 10.2. The first kappa shape index (κ1) is 11.3. The van der Waals surface area contributed by atoms with Crippen molar-refractivity contribution >= 4 is 0 Å². The van der Waals surface area contributed by atoms with Gasteiger partial charge in [0.05, 0.1) is 5.69 Å². The summed E-state index contributed by atoms with van der Waals surface area (Å²) in [5.41, 5.74) is 1.57. The maximum Gasteiger partial charge on any atom is 0.123 e. The second-order valence-electron chi connectivity index (χ2n) is 3.63. The van der Waals surface area contributed by atoms with Crippen molar-refractivity contribution in [3.8, 4) is 11.5 Å². The summed E-state index contributed by atoms with van der Waals surface area (Å²) < 4.78 is 0. The van der Waals surface area contributed by atoms with Gasteiger partial charge >= 0.3 is 0 Å². The van der Waals surface area contributed by atoms with Crippen molar-refractivity contribution in [3.05, 3.63) is 47.8 Å². The number of aromatic hydroxyl groups is 2. The number of nitrogens with zero attached hydrogens (tertiary/aromatic N) is 2. The van der Waals surface area contributed by atoms with Crippen LogP contribution in [0.5, 0.6) is 11.5 Å². The van der Waals surface area contributed by atoms with E-state index in [-0.39, 0.29) is 11.5 Å². The molecule has 0 spiro atoms. The molecule has 5 nitrogen and oxygen atoms in total. The van der Waals surface area contributed by atoms with Crippen molar-refractivity contribution in [2.45, 2.75) is 13.1 Å². The number of benzene rings is 1. The Labute approximate surface area is 98.8 Å². The van der Waals surface area contributed by atoms with Gasteiger partial charge in [-0.15, -0.1) is 0 Å². The van der Waals surface area contributed by atoms with Crippen molar-refractivity contribution in [1.82, 2.24) is 15.5 Å². The third-order valence-corrected chi connectivity index (χ3v) is 2.32. The molecule has 0 amide bonds. The molecule has 0 aliphatic rings. The fraction of sp³-hybridized carbons (Fsp3) is 0.167. The molecular weight excluding hydrogens is 218 g/mol. The number of hydrogen-bond donors (Lipinski definition) is 3. The Hall–Kier alpha value is -2.14. The monoisotopic (exact) mass is 231 g/mol. The van der Waals surface area contributed by atoms with Crippen LogP contribution in [0.25, 0.3) is 0 Å². The van der Waals surface area contributed by atoms with E-state index >= 15 is 0 Å². The Kier molecular flexibility index (Phi) is 3.52. The average molecular weight is 231 g/mol. The third-order valence-electron chi connectivity index (χ3n) is 2.32. The highest BCUT2D eigenvalue weighted by molar-refractivity contribution is 5.38. The van der Waals surface area contributed by atoms with Crippen LogP contribution in [0.4, 0.5) is 0 Å². The minimum atomic E-state index is 0.0557. The first-order chi connectivity index (χ1) is 8.25. The third kappa shape index (κ3) is 3.15. The van der Waals surface area contributed by atoms with Crippen LogP contribution < -0.4 is 5.32 Å². The van der Waals surface area contributed by atoms with Crippen molar-refractivity contribution in [3.63, 3.8) is 0 Å². The molecule has 0 fully saturated rings. The molecule has 0 bridgehead atoms. The standard InChI is InChI=1S/C12H13N3O2/c16-11-4-3-9(12(17)6-11)7-13-8-10-2-1-5-14-15-10/h1-6,13,16-17H,7-8H2. The molecule has 3 N–H and O–H groups in total. The highest BCUT2D eigenvalue weighted by Gasteiger charge is 2.02. The van der Waals surface area contributed by atoms with Gasteiger partial charge in [-0.25, -0.2) is 0 Å². The predicted octanol–water partition coefficient (Wildman–Crippen LogP) is 1.18. The van der Waals surface area contributed by atoms with Crippen LogP contribution in [0, 0.1) is 0 Å². The molecule has 0 saturated carbocycles. The molecule has 0 radical (unpaired) electrons. The highest BCUT2D eigenvalue weighted by Crippen LogP contribution is 2.22. The molecule has 0 saturated heterocycles. The van der Waals surface area contributed by atoms with Gasteiger partial charge in [-0.05, 0) is 18.2 Å². The number of nitrogens with one attached hydrogen (secondary N) is 1. The summed E-state index contributed by atoms with van der Waals surface area (Å²) in [6.45, 7) is 1.08. The summed E-state index contributed by atoms with van der Waals surface area (Å²) in [6.07, 6.45) is 1.62. The van der Waals surface area contributed by atoms with Gasteiger partial charge in [-0.2, -0.15) is 10.2 Å². The van der Waals surface area contributed by atoms with Crippen LogP contribution in [0.2, 0.25) is 0 Å². The summed E-state index contributed by atoms with van der Waals surface area (Å²) in [7, 11) is 0. The van der Waals surface area contributed by atoms with E-state index in [2.05, 4.69) is 15.5 Å². The smallest absolute Gasteiger partial charge is 0.123 e. The zero-order valence-electron chi connectivity index (χ0n) is 9.17. The number of phenols is 2. The van der Waals surface area contributed by atoms with Gasteiger partial charge in [0.2, 0.25) is 0 Å². The quantitative estimate of drug-likeness (QED) is 0.736. The van der Waals surface area contributed by atoms with Gasteiger partial charge in [-0.3, -0.25) is 0 Å². The zero-order chi connectivity index (χ0) is 12.1. The topological polar surface area (TPSA) is 78.3 Å². The lowest BCUT2D eigenvalue weighted by molar-refractivity contribution is 0.443. The molecular formula is C12H13N3O2. The van der Waals surface area contributed by atoms with Crippen molar-refractivity contribution in [1.29, 1.82) is 0 Å². The Morgan fingerprint density at radius 3 is 2.71 bits per heavy atom. The fourth-order valence-corrected chi connectivity index (χ4v) is 1.45. The molecule has 17 heavy (non-hydrogen) atoms. The molecule has 2 rings (SSSR count). The van der Waals surface area contributed by atoms with E-state index in [4.69, 9.17) is 5.11 Å². The lowest BCUT2D eigenvalue weighted by Gasteiger charge is -2.06. The normalized spacial score (nSPS) is 10.4. The predicted molar refractivity (Wildman–Crippen MR) is 62.3 cm³/mol. The van der Waals surface area contributed by atoms with Gasteiger partial charge in [-0.1, -0.05) is 6.07 Å². The molecule has 0 unspecified atom stereocenters. The highest BCUT2D eigenvalue weighted by atomic mass is 16.3. The van der Waals surface area contributed by atoms with E-state index in [9.17, 15) is 5.11 Å². The van der Waals surface area contributed by atoms with Crippen molar-refractivity contribution in [2.24, 2.45) is 0 Å². The maximum atomic E-state index is 9.56. The number of rotatable bonds is 4. The summed E-state index contributed by atoms with van der Waals surface area (Å²) in [6, 6.07) is 8.23. The molecule has 2 aromatic rings. The van der Waals surface area contributed by atoms with Crippen LogP contribution >= 0.6 is 0 Å². The van der Waals surface area contributed by atoms with Gasteiger partial charge in [0.15, 0.2) is 0 Å². The first-order valence-corrected chi connectivity index (χ1v) is 5.24. The van der Waals surface area contributed by atoms with Gasteiger partial charge in [0.1, 0.15) is 11.5 Å². The average Bonchev–Trinajstić information content (AvgIpc) is 2.33. The number of hydrogen-bond acceptors (Lipinski definition) is 5. The van der Waals surface area contributed by atoms with Crippen LogP contribution in [0.3, 0.4) is 0 Å². The molecule has 0 aliphatic heterocycles. The number of aromatic nitrogens is 2. The summed E-state index contributed by atoms with van der Waals surface area (Å²) in [5.74, 6) is 0.136. The molecule has 88 valence electrons. The Morgan fingerprint density at radius 1 is 1.12 bits per heavy atom. The Bertz CT molecular complexity index is 488. The van der Waals surface area contributed by atoms with E-state index in [0.29, 0.717) is 13.1 Å². The maximum absolute atomic E-state index is 9.56. The van der Waals surface area contributed by atoms with Gasteiger partial charge in [0, 0.05) is 30.9 Å². The second-order valence-corrected chi connectivity index (χ2v) is 3.63. The van der Waals surface area contributed by atoms with Crippen LogP contribution in [-0.4, -0.2) is 20.4 Å². The van der Waals surface area contributed by atoms with Gasteiger partial charge in [0.25, 0.3) is 0 Å². The zero-order valence-corrected chi connectivity index (χ0v) is 9.17. The summed E-state index contributed by atoms with van der Waals surface area (Å²) in [5, 5.41) is 29.5. The lowest BCUT2D eigenvalue weighted by Crippen LogP contribution is -2.13. The summed E-state index contributed by atoms with van der Waals surface area (Å²) >= 11 is 0.